The summed E-state index contributed by atoms with van der Waals surface area (Å²) in [6.07, 6.45) is 0. The Kier molecular flexibility index (Phi) is 5.64. The topological polar surface area (TPSA) is 53.6 Å². The van der Waals surface area contributed by atoms with Crippen molar-refractivity contribution in [2.24, 2.45) is 5.92 Å². The van der Waals surface area contributed by atoms with E-state index >= 15 is 0 Å². The second-order valence-electron chi connectivity index (χ2n) is 8.36. The van der Waals surface area contributed by atoms with Crippen LogP contribution in [-0.4, -0.2) is 18.6 Å². The number of carbonyl (C=O) groups is 1. The molecule has 1 amide bonds. The summed E-state index contributed by atoms with van der Waals surface area (Å²) >= 11 is 6.13. The van der Waals surface area contributed by atoms with Gasteiger partial charge in [-0.3, -0.25) is 4.79 Å². The molecule has 0 aliphatic carbocycles. The van der Waals surface area contributed by atoms with E-state index in [0.717, 1.165) is 22.6 Å². The molecule has 2 heterocycles. The lowest BCUT2D eigenvalue weighted by Gasteiger charge is -2.31. The van der Waals surface area contributed by atoms with E-state index in [1.165, 1.54) is 5.56 Å². The highest BCUT2D eigenvalue weighted by molar-refractivity contribution is 6.30. The molecule has 0 aromatic heterocycles. The molecule has 2 fully saturated rings. The van der Waals surface area contributed by atoms with Gasteiger partial charge in [-0.25, -0.2) is 10.9 Å². The van der Waals surface area contributed by atoms with Crippen molar-refractivity contribution >= 4 is 23.2 Å². The van der Waals surface area contributed by atoms with Gasteiger partial charge in [-0.05, 0) is 61.4 Å². The van der Waals surface area contributed by atoms with Crippen LogP contribution in [0.1, 0.15) is 35.7 Å². The maximum absolute atomic E-state index is 13.6. The fourth-order valence-corrected chi connectivity index (χ4v) is 5.01. The first-order chi connectivity index (χ1) is 15.6. The number of nitrogens with zero attached hydrogens (tertiary/aromatic N) is 1. The van der Waals surface area contributed by atoms with Crippen molar-refractivity contribution in [1.29, 1.82) is 0 Å². The molecule has 5 nitrogen and oxygen atoms in total. The van der Waals surface area contributed by atoms with Crippen molar-refractivity contribution in [3.63, 3.8) is 0 Å². The number of anilines is 1. The van der Waals surface area contributed by atoms with E-state index in [2.05, 4.69) is 54.2 Å². The molecular weight excluding hydrogens is 422 g/mol. The molecule has 0 spiro atoms. The lowest BCUT2D eigenvalue weighted by Crippen LogP contribution is -2.41. The molecule has 5 rings (SSSR count). The van der Waals surface area contributed by atoms with Gasteiger partial charge < -0.3 is 9.64 Å². The van der Waals surface area contributed by atoms with Gasteiger partial charge in [0, 0.05) is 16.6 Å². The largest absolute Gasteiger partial charge is 0.494 e. The van der Waals surface area contributed by atoms with E-state index in [-0.39, 0.29) is 30.0 Å². The second-order valence-corrected chi connectivity index (χ2v) is 8.80. The molecule has 3 aromatic carbocycles. The van der Waals surface area contributed by atoms with Crippen LogP contribution in [-0.2, 0) is 4.79 Å². The number of nitrogens with one attached hydrogen (secondary N) is 2. The number of rotatable bonds is 5. The van der Waals surface area contributed by atoms with Crippen molar-refractivity contribution in [3.8, 4) is 5.75 Å². The van der Waals surface area contributed by atoms with Gasteiger partial charge >= 0.3 is 0 Å². The number of fused-ring (bicyclic) bond motifs is 1. The third-order valence-corrected chi connectivity index (χ3v) is 6.64. The molecule has 0 radical (unpaired) electrons. The molecule has 2 saturated heterocycles. The van der Waals surface area contributed by atoms with Crippen molar-refractivity contribution in [2.75, 3.05) is 11.5 Å². The smallest absolute Gasteiger partial charge is 0.246 e. The molecule has 6 heteroatoms. The number of hydrogen-bond acceptors (Lipinski definition) is 4. The van der Waals surface area contributed by atoms with E-state index < -0.39 is 0 Å². The molecule has 164 valence electrons. The molecule has 2 aliphatic rings. The maximum Gasteiger partial charge on any atom is 0.246 e. The lowest BCUT2D eigenvalue weighted by molar-refractivity contribution is -0.119. The molecule has 32 heavy (non-hydrogen) atoms. The summed E-state index contributed by atoms with van der Waals surface area (Å²) in [5, 5.41) is 0.649. The molecule has 4 unspecified atom stereocenters. The summed E-state index contributed by atoms with van der Waals surface area (Å²) in [7, 11) is 0. The minimum absolute atomic E-state index is 0.00146. The molecule has 2 N–H and O–H groups in total. The van der Waals surface area contributed by atoms with Gasteiger partial charge in [0.25, 0.3) is 0 Å². The Labute approximate surface area is 193 Å². The standard InChI is InChI=1S/C26H26ClN3O2/c1-3-32-21-14-8-18(9-15-21)25-22-23(17-6-4-16(2)5-7-17)28-29-24(22)26(31)30(25)20-12-10-19(27)11-13-20/h4-15,22-25,28-29H,3H2,1-2H3. The predicted octanol–water partition coefficient (Wildman–Crippen LogP) is 4.97. The third kappa shape index (κ3) is 3.66. The third-order valence-electron chi connectivity index (χ3n) is 6.38. The molecule has 0 saturated carbocycles. The number of carbonyl (C=O) groups excluding carboxylic acids is 1. The first-order valence-electron chi connectivity index (χ1n) is 11.0. The van der Waals surface area contributed by atoms with Gasteiger partial charge in [-0.15, -0.1) is 0 Å². The van der Waals surface area contributed by atoms with Crippen LogP contribution in [0.3, 0.4) is 0 Å². The Morgan fingerprint density at radius 3 is 2.16 bits per heavy atom. The molecule has 3 aromatic rings. The number of aryl methyl sites for hydroxylation is 1. The van der Waals surface area contributed by atoms with Gasteiger partial charge in [0.05, 0.1) is 18.7 Å². The predicted molar refractivity (Wildman–Crippen MR) is 127 cm³/mol. The van der Waals surface area contributed by atoms with Crippen LogP contribution >= 0.6 is 11.6 Å². The van der Waals surface area contributed by atoms with E-state index in [4.69, 9.17) is 16.3 Å². The van der Waals surface area contributed by atoms with Crippen molar-refractivity contribution < 1.29 is 9.53 Å². The highest BCUT2D eigenvalue weighted by Crippen LogP contribution is 2.49. The number of benzene rings is 3. The van der Waals surface area contributed by atoms with E-state index in [9.17, 15) is 4.79 Å². The summed E-state index contributed by atoms with van der Waals surface area (Å²) < 4.78 is 5.64. The Balaban J connectivity index is 1.59. The number of hydrazine groups is 1. The van der Waals surface area contributed by atoms with Crippen LogP contribution in [0.2, 0.25) is 5.02 Å². The minimum Gasteiger partial charge on any atom is -0.494 e. The highest BCUT2D eigenvalue weighted by atomic mass is 35.5. The van der Waals surface area contributed by atoms with E-state index in [1.807, 2.05) is 48.2 Å². The fraction of sp³-hybridized carbons (Fsp3) is 0.269. The van der Waals surface area contributed by atoms with Gasteiger partial charge in [0.15, 0.2) is 0 Å². The molecule has 4 atom stereocenters. The minimum atomic E-state index is -0.325. The molecule has 2 aliphatic heterocycles. The lowest BCUT2D eigenvalue weighted by atomic mass is 9.83. The second kappa shape index (κ2) is 8.58. The summed E-state index contributed by atoms with van der Waals surface area (Å²) in [6.45, 7) is 4.67. The molecular formula is C26H26ClN3O2. The number of halogens is 1. The van der Waals surface area contributed by atoms with Crippen LogP contribution < -0.4 is 20.5 Å². The Bertz CT molecular complexity index is 1100. The summed E-state index contributed by atoms with van der Waals surface area (Å²) in [4.78, 5) is 15.5. The van der Waals surface area contributed by atoms with Crippen molar-refractivity contribution in [1.82, 2.24) is 10.9 Å². The SMILES string of the molecule is CCOc1ccc(C2C3C(NNC3c3ccc(C)cc3)C(=O)N2c2ccc(Cl)cc2)cc1. The summed E-state index contributed by atoms with van der Waals surface area (Å²) in [6, 6.07) is 23.6. The van der Waals surface area contributed by atoms with Gasteiger partial charge in [0.2, 0.25) is 5.91 Å². The van der Waals surface area contributed by atoms with Gasteiger partial charge in [0.1, 0.15) is 11.8 Å². The maximum atomic E-state index is 13.6. The normalized spacial score (nSPS) is 24.6. The number of hydrogen-bond donors (Lipinski definition) is 2. The number of amides is 1. The monoisotopic (exact) mass is 447 g/mol. The van der Waals surface area contributed by atoms with Crippen LogP contribution in [0.15, 0.2) is 72.8 Å². The van der Waals surface area contributed by atoms with Gasteiger partial charge in [-0.2, -0.15) is 0 Å². The van der Waals surface area contributed by atoms with Crippen molar-refractivity contribution in [2.45, 2.75) is 32.0 Å². The highest BCUT2D eigenvalue weighted by Gasteiger charge is 2.55. The zero-order chi connectivity index (χ0) is 22.2. The average Bonchev–Trinajstić information content (AvgIpc) is 3.35. The zero-order valence-electron chi connectivity index (χ0n) is 18.1. The first-order valence-corrected chi connectivity index (χ1v) is 11.3. The van der Waals surface area contributed by atoms with Crippen LogP contribution in [0.25, 0.3) is 0 Å². The quantitative estimate of drug-likeness (QED) is 0.580. The van der Waals surface area contributed by atoms with Crippen LogP contribution in [0.4, 0.5) is 5.69 Å². The van der Waals surface area contributed by atoms with E-state index in [1.54, 1.807) is 0 Å². The van der Waals surface area contributed by atoms with Crippen molar-refractivity contribution in [3.05, 3.63) is 94.5 Å². The zero-order valence-corrected chi connectivity index (χ0v) is 18.8. The fourth-order valence-electron chi connectivity index (χ4n) is 4.88. The summed E-state index contributed by atoms with van der Waals surface area (Å²) in [5.41, 5.74) is 11.0. The Morgan fingerprint density at radius 2 is 1.50 bits per heavy atom. The first kappa shape index (κ1) is 21.0. The number of ether oxygens (including phenoxy) is 1. The average molecular weight is 448 g/mol. The van der Waals surface area contributed by atoms with Crippen LogP contribution in [0, 0.1) is 12.8 Å². The Morgan fingerprint density at radius 1 is 0.875 bits per heavy atom. The van der Waals surface area contributed by atoms with Gasteiger partial charge in [-0.1, -0.05) is 53.6 Å². The summed E-state index contributed by atoms with van der Waals surface area (Å²) in [5.74, 6) is 0.894. The van der Waals surface area contributed by atoms with Crippen LogP contribution in [0.5, 0.6) is 5.75 Å². The van der Waals surface area contributed by atoms with E-state index in [0.29, 0.717) is 11.6 Å². The molecule has 0 bridgehead atoms. The Hall–Kier alpha value is -2.86.